The van der Waals surface area contributed by atoms with E-state index < -0.39 is 4.92 Å². The van der Waals surface area contributed by atoms with E-state index in [4.69, 9.17) is 0 Å². The summed E-state index contributed by atoms with van der Waals surface area (Å²) in [5.41, 5.74) is -0.00231. The van der Waals surface area contributed by atoms with E-state index in [1.54, 1.807) is 12.1 Å². The zero-order valence-corrected chi connectivity index (χ0v) is 7.84. The van der Waals surface area contributed by atoms with E-state index in [2.05, 4.69) is 12.6 Å². The molecule has 0 aliphatic carbocycles. The Kier molecular flexibility index (Phi) is 24.3. The Morgan fingerprint density at radius 1 is 1.00 bits per heavy atom. The number of hydrogen-bond donors (Lipinski definition) is 0. The fraction of sp³-hybridized carbons (Fsp3) is 0. The monoisotopic (exact) mass is 254 g/mol. The molecule has 1 radical (unpaired) electrons. The van der Waals surface area contributed by atoms with Gasteiger partial charge in [0.25, 0.3) is 5.69 Å². The number of nitro benzene ring substituents is 1. The van der Waals surface area contributed by atoms with Gasteiger partial charge in [-0.25, -0.2) is 0 Å². The average Bonchev–Trinajstić information content (AvgIpc) is 1.88. The molecule has 0 saturated heterocycles. The number of nitro groups is 1. The lowest BCUT2D eigenvalue weighted by molar-refractivity contribution is -0.387. The van der Waals surface area contributed by atoms with Gasteiger partial charge in [0.2, 0.25) is 0 Å². The van der Waals surface area contributed by atoms with Gasteiger partial charge in [-0.3, -0.25) is 33.6 Å². The highest BCUT2D eigenvalue weighted by atomic mass is 32.1. The number of hydrogen-bond acceptors (Lipinski definition) is 2. The van der Waals surface area contributed by atoms with Crippen molar-refractivity contribution in [2.45, 2.75) is 4.90 Å². The van der Waals surface area contributed by atoms with E-state index in [0.717, 1.165) is 0 Å². The fourth-order valence-corrected chi connectivity index (χ4v) is 0.829. The normalized spacial score (nSPS) is 6.13. The quantitative estimate of drug-likeness (QED) is 0.439. The molecule has 91 valence electrons. The maximum Gasteiger partial charge on any atom is 0.287 e. The van der Waals surface area contributed by atoms with Crippen LogP contribution in [0.5, 0.6) is 0 Å². The zero-order chi connectivity index (χ0) is 7.56. The van der Waals surface area contributed by atoms with Crippen molar-refractivity contribution in [1.29, 1.82) is 0 Å². The highest BCUT2D eigenvalue weighted by Gasteiger charge is 2.08. The van der Waals surface area contributed by atoms with Gasteiger partial charge in [0, 0.05) is 6.07 Å². The van der Waals surface area contributed by atoms with Crippen LogP contribution in [0.15, 0.2) is 29.2 Å². The van der Waals surface area contributed by atoms with E-state index in [-0.39, 0.29) is 34.1 Å². The molecule has 3 nitrogen and oxygen atoms in total. The molecule has 0 aliphatic heterocycles. The van der Waals surface area contributed by atoms with Crippen molar-refractivity contribution in [3.63, 3.8) is 0 Å². The SMILES string of the molecule is F.F.F.F.F.O=[N+]([O-])c1ccccc1[S]. The second-order valence-corrected chi connectivity index (χ2v) is 2.16. The molecular weight excluding hydrogens is 245 g/mol. The van der Waals surface area contributed by atoms with E-state index >= 15 is 0 Å². The standard InChI is InChI=1S/C6H4NO2S.5FH/c8-7(9)5-3-1-2-4-6(5)10;;;;;/h1-4H;5*1H. The summed E-state index contributed by atoms with van der Waals surface area (Å²) in [5.74, 6) is 0. The van der Waals surface area contributed by atoms with E-state index in [0.29, 0.717) is 0 Å². The van der Waals surface area contributed by atoms with Crippen molar-refractivity contribution in [3.05, 3.63) is 34.4 Å². The highest BCUT2D eigenvalue weighted by Crippen LogP contribution is 2.20. The molecule has 0 bridgehead atoms. The maximum atomic E-state index is 10.2. The van der Waals surface area contributed by atoms with Crippen molar-refractivity contribution < 1.29 is 28.4 Å². The molecule has 0 spiro atoms. The topological polar surface area (TPSA) is 43.1 Å². The van der Waals surface area contributed by atoms with E-state index in [1.807, 2.05) is 0 Å². The molecule has 0 aromatic heterocycles. The van der Waals surface area contributed by atoms with Gasteiger partial charge in [-0.2, -0.15) is 0 Å². The Morgan fingerprint density at radius 2 is 1.40 bits per heavy atom. The first kappa shape index (κ1) is 29.2. The number of benzene rings is 1. The van der Waals surface area contributed by atoms with Crippen molar-refractivity contribution >= 4 is 18.3 Å². The fourth-order valence-electron chi connectivity index (χ4n) is 0.608. The second kappa shape index (κ2) is 12.5. The predicted molar refractivity (Wildman–Crippen MR) is 51.5 cm³/mol. The summed E-state index contributed by atoms with van der Waals surface area (Å²) in [7, 11) is 0. The summed E-state index contributed by atoms with van der Waals surface area (Å²) in [5, 5.41) is 10.2. The van der Waals surface area contributed by atoms with Gasteiger partial charge < -0.3 is 0 Å². The number of halogens is 5. The minimum Gasteiger partial charge on any atom is -0.269 e. The Hall–Kier alpha value is -1.51. The third-order valence-corrected chi connectivity index (χ3v) is 1.41. The predicted octanol–water partition coefficient (Wildman–Crippen LogP) is 2.91. The third kappa shape index (κ3) is 7.55. The lowest BCUT2D eigenvalue weighted by Crippen LogP contribution is -1.87. The van der Waals surface area contributed by atoms with Crippen molar-refractivity contribution in [2.75, 3.05) is 0 Å². The van der Waals surface area contributed by atoms with Crippen molar-refractivity contribution in [1.82, 2.24) is 0 Å². The molecule has 0 fully saturated rings. The Bertz CT molecular complexity index is 275. The van der Waals surface area contributed by atoms with Crippen molar-refractivity contribution in [2.24, 2.45) is 0 Å². The van der Waals surface area contributed by atoms with Crippen LogP contribution >= 0.6 is 12.6 Å². The first-order valence-electron chi connectivity index (χ1n) is 2.62. The molecule has 1 aromatic rings. The zero-order valence-electron chi connectivity index (χ0n) is 7.02. The molecule has 1 rings (SSSR count). The Balaban J connectivity index is -0.0000000667. The van der Waals surface area contributed by atoms with E-state index in [9.17, 15) is 10.1 Å². The first-order chi connectivity index (χ1) is 4.72. The maximum absolute atomic E-state index is 10.2. The molecule has 0 saturated carbocycles. The lowest BCUT2D eigenvalue weighted by Gasteiger charge is -1.90. The van der Waals surface area contributed by atoms with Gasteiger partial charge in [0.05, 0.1) is 4.92 Å². The molecule has 9 heteroatoms. The van der Waals surface area contributed by atoms with Gasteiger partial charge in [-0.15, -0.1) is 0 Å². The summed E-state index contributed by atoms with van der Waals surface area (Å²) in [6.45, 7) is 0. The average molecular weight is 254 g/mol. The first-order valence-corrected chi connectivity index (χ1v) is 3.03. The summed E-state index contributed by atoms with van der Waals surface area (Å²) in [6.07, 6.45) is 0. The van der Waals surface area contributed by atoms with Crippen LogP contribution in [0.3, 0.4) is 0 Å². The minimum atomic E-state index is -0.484. The molecule has 1 aromatic carbocycles. The van der Waals surface area contributed by atoms with Crippen LogP contribution in [-0.4, -0.2) is 4.92 Å². The summed E-state index contributed by atoms with van der Waals surface area (Å²) in [6, 6.07) is 6.19. The van der Waals surface area contributed by atoms with Gasteiger partial charge in [0.15, 0.2) is 0 Å². The second-order valence-electron chi connectivity index (χ2n) is 1.72. The Morgan fingerprint density at radius 3 is 1.67 bits per heavy atom. The lowest BCUT2D eigenvalue weighted by atomic mass is 10.3. The minimum absolute atomic E-state index is 0. The van der Waals surface area contributed by atoms with Crippen LogP contribution in [0.4, 0.5) is 29.2 Å². The van der Waals surface area contributed by atoms with Crippen LogP contribution in [0.2, 0.25) is 0 Å². The molecule has 0 atom stereocenters. The van der Waals surface area contributed by atoms with E-state index in [1.165, 1.54) is 12.1 Å². The molecule has 0 unspecified atom stereocenters. The summed E-state index contributed by atoms with van der Waals surface area (Å²) >= 11 is 4.69. The largest absolute Gasteiger partial charge is 0.287 e. The molecule has 0 aliphatic rings. The van der Waals surface area contributed by atoms with Gasteiger partial charge in [-0.1, -0.05) is 24.8 Å². The van der Waals surface area contributed by atoms with Gasteiger partial charge in [0.1, 0.15) is 4.90 Å². The van der Waals surface area contributed by atoms with Crippen LogP contribution in [0.25, 0.3) is 0 Å². The smallest absolute Gasteiger partial charge is 0.269 e. The summed E-state index contributed by atoms with van der Waals surface area (Å²) < 4.78 is 0. The molecule has 15 heavy (non-hydrogen) atoms. The number of nitrogens with zero attached hydrogens (tertiary/aromatic N) is 1. The van der Waals surface area contributed by atoms with Crippen LogP contribution in [0.1, 0.15) is 0 Å². The van der Waals surface area contributed by atoms with Crippen LogP contribution < -0.4 is 0 Å². The Labute approximate surface area is 86.9 Å². The highest BCUT2D eigenvalue weighted by molar-refractivity contribution is 7.80. The van der Waals surface area contributed by atoms with Gasteiger partial charge in [-0.05, 0) is 6.07 Å². The number of rotatable bonds is 1. The van der Waals surface area contributed by atoms with Crippen LogP contribution in [-0.2, 0) is 0 Å². The molecular formula is C6H9F5NO2S. The third-order valence-electron chi connectivity index (χ3n) is 1.06. The molecule has 0 amide bonds. The van der Waals surface area contributed by atoms with Crippen molar-refractivity contribution in [3.8, 4) is 0 Å². The molecule has 0 N–H and O–H groups in total. The van der Waals surface area contributed by atoms with Crippen LogP contribution in [0, 0.1) is 10.1 Å². The number of para-hydroxylation sites is 1. The summed E-state index contributed by atoms with van der Waals surface area (Å²) in [4.78, 5) is 9.96. The van der Waals surface area contributed by atoms with Gasteiger partial charge >= 0.3 is 0 Å². The molecule has 0 heterocycles.